The zero-order chi connectivity index (χ0) is 22.1. The number of piperidine rings is 1. The molecule has 0 radical (unpaired) electrons. The number of likely N-dealkylation sites (tertiary alicyclic amines) is 1. The number of amides is 3. The average molecular weight is 436 g/mol. The number of fused-ring (bicyclic) bond motifs is 1. The fourth-order valence-electron chi connectivity index (χ4n) is 5.14. The molecular weight excluding hydrogens is 406 g/mol. The van der Waals surface area contributed by atoms with E-state index in [1.54, 1.807) is 0 Å². The molecule has 32 heavy (non-hydrogen) atoms. The Morgan fingerprint density at radius 1 is 1.06 bits per heavy atom. The summed E-state index contributed by atoms with van der Waals surface area (Å²) in [6.07, 6.45) is 2.18. The predicted octanol–water partition coefficient (Wildman–Crippen LogP) is 3.15. The highest BCUT2D eigenvalue weighted by Crippen LogP contribution is 2.35. The smallest absolute Gasteiger partial charge is 0.325 e. The van der Waals surface area contributed by atoms with Crippen LogP contribution in [0.2, 0.25) is 0 Å². The van der Waals surface area contributed by atoms with E-state index in [4.69, 9.17) is 9.47 Å². The van der Waals surface area contributed by atoms with E-state index in [1.165, 1.54) is 4.90 Å². The zero-order valence-corrected chi connectivity index (χ0v) is 18.3. The number of urea groups is 1. The van der Waals surface area contributed by atoms with Crippen molar-refractivity contribution in [1.82, 2.24) is 15.1 Å². The molecule has 0 aliphatic carbocycles. The number of ether oxygens (including phenoxy) is 2. The van der Waals surface area contributed by atoms with Crippen molar-refractivity contribution < 1.29 is 19.1 Å². The first kappa shape index (κ1) is 20.8. The summed E-state index contributed by atoms with van der Waals surface area (Å²) >= 11 is 0. The van der Waals surface area contributed by atoms with Gasteiger partial charge in [0.1, 0.15) is 18.2 Å². The molecule has 168 valence electrons. The Morgan fingerprint density at radius 3 is 2.59 bits per heavy atom. The van der Waals surface area contributed by atoms with E-state index in [2.05, 4.69) is 10.2 Å². The second kappa shape index (κ2) is 8.47. The maximum absolute atomic E-state index is 13.6. The summed E-state index contributed by atoms with van der Waals surface area (Å²) in [6.45, 7) is 4.70. The summed E-state index contributed by atoms with van der Waals surface area (Å²) in [5, 5.41) is 3.01. The van der Waals surface area contributed by atoms with Crippen LogP contribution in [-0.2, 0) is 10.3 Å². The molecule has 3 amide bonds. The number of nitrogens with one attached hydrogen (secondary N) is 1. The van der Waals surface area contributed by atoms with E-state index < -0.39 is 5.54 Å². The molecule has 3 aliphatic heterocycles. The Hall–Kier alpha value is -3.06. The lowest BCUT2D eigenvalue weighted by Gasteiger charge is -2.38. The SMILES string of the molecule is CCC1(c2ccccc2)NC(=O)N([C@H]2CCCN(C[C@H]3COc4ccccc4O3)C2)C1=O. The number of rotatable bonds is 5. The number of benzene rings is 2. The minimum Gasteiger partial charge on any atom is -0.486 e. The number of nitrogens with zero attached hydrogens (tertiary/aromatic N) is 2. The van der Waals surface area contributed by atoms with Crippen LogP contribution in [0, 0.1) is 0 Å². The molecule has 0 aromatic heterocycles. The average Bonchev–Trinajstić information content (AvgIpc) is 3.10. The fraction of sp³-hybridized carbons (Fsp3) is 0.440. The molecule has 3 atom stereocenters. The largest absolute Gasteiger partial charge is 0.486 e. The first-order valence-electron chi connectivity index (χ1n) is 11.4. The third-order valence-electron chi connectivity index (χ3n) is 6.80. The van der Waals surface area contributed by atoms with Crippen molar-refractivity contribution in [2.45, 2.75) is 43.9 Å². The maximum atomic E-state index is 13.6. The Balaban J connectivity index is 1.28. The van der Waals surface area contributed by atoms with Crippen molar-refractivity contribution in [3.05, 3.63) is 60.2 Å². The molecule has 2 aromatic carbocycles. The van der Waals surface area contributed by atoms with E-state index in [9.17, 15) is 9.59 Å². The van der Waals surface area contributed by atoms with Gasteiger partial charge in [-0.05, 0) is 43.5 Å². The number of imide groups is 1. The van der Waals surface area contributed by atoms with Gasteiger partial charge in [0.15, 0.2) is 11.5 Å². The molecule has 2 fully saturated rings. The minimum atomic E-state index is -0.981. The Bertz CT molecular complexity index is 998. The topological polar surface area (TPSA) is 71.1 Å². The summed E-state index contributed by atoms with van der Waals surface area (Å²) in [7, 11) is 0. The summed E-state index contributed by atoms with van der Waals surface area (Å²) in [5.74, 6) is 1.40. The van der Waals surface area contributed by atoms with Crippen LogP contribution in [0.5, 0.6) is 11.5 Å². The lowest BCUT2D eigenvalue weighted by atomic mass is 9.87. The van der Waals surface area contributed by atoms with Crippen LogP contribution in [0.1, 0.15) is 31.7 Å². The van der Waals surface area contributed by atoms with Crippen LogP contribution in [0.25, 0.3) is 0 Å². The molecule has 3 aliphatic rings. The lowest BCUT2D eigenvalue weighted by molar-refractivity contribution is -0.134. The molecule has 7 heteroatoms. The standard InChI is InChI=1S/C25H29N3O4/c1-2-25(18-9-4-3-5-10-18)23(29)28(24(30)26-25)19-11-8-14-27(15-19)16-20-17-31-21-12-6-7-13-22(21)32-20/h3-7,9-10,12-13,19-20H,2,8,11,14-17H2,1H3,(H,26,30)/t19-,20-,25?/m0/s1. The van der Waals surface area contributed by atoms with Crippen molar-refractivity contribution in [2.24, 2.45) is 0 Å². The summed E-state index contributed by atoms with van der Waals surface area (Å²) in [4.78, 5) is 30.3. The lowest BCUT2D eigenvalue weighted by Crippen LogP contribution is -2.53. The third kappa shape index (κ3) is 3.60. The van der Waals surface area contributed by atoms with Crippen molar-refractivity contribution >= 4 is 11.9 Å². The number of para-hydroxylation sites is 2. The summed E-state index contributed by atoms with van der Waals surface area (Å²) < 4.78 is 12.0. The van der Waals surface area contributed by atoms with Gasteiger partial charge < -0.3 is 14.8 Å². The number of hydrogen-bond acceptors (Lipinski definition) is 5. The number of carbonyl (C=O) groups is 2. The van der Waals surface area contributed by atoms with E-state index >= 15 is 0 Å². The van der Waals surface area contributed by atoms with E-state index in [-0.39, 0.29) is 24.1 Å². The predicted molar refractivity (Wildman–Crippen MR) is 120 cm³/mol. The molecular formula is C25H29N3O4. The maximum Gasteiger partial charge on any atom is 0.325 e. The molecule has 2 aromatic rings. The zero-order valence-electron chi connectivity index (χ0n) is 18.3. The summed E-state index contributed by atoms with van der Waals surface area (Å²) in [6, 6.07) is 16.8. The molecule has 2 saturated heterocycles. The third-order valence-corrected chi connectivity index (χ3v) is 6.80. The van der Waals surface area contributed by atoms with Gasteiger partial charge in [-0.3, -0.25) is 14.6 Å². The normalized spacial score (nSPS) is 28.0. The number of hydrogen-bond donors (Lipinski definition) is 1. The quantitative estimate of drug-likeness (QED) is 0.731. The molecule has 0 bridgehead atoms. The first-order chi connectivity index (χ1) is 15.6. The Morgan fingerprint density at radius 2 is 1.81 bits per heavy atom. The molecule has 1 unspecified atom stereocenters. The van der Waals surface area contributed by atoms with Crippen LogP contribution in [-0.4, -0.2) is 60.1 Å². The molecule has 3 heterocycles. The highest BCUT2D eigenvalue weighted by atomic mass is 16.6. The van der Waals surface area contributed by atoms with Gasteiger partial charge in [-0.15, -0.1) is 0 Å². The molecule has 0 spiro atoms. The van der Waals surface area contributed by atoms with Gasteiger partial charge in [0.2, 0.25) is 0 Å². The van der Waals surface area contributed by atoms with Gasteiger partial charge in [-0.2, -0.15) is 0 Å². The Labute approximate surface area is 188 Å². The van der Waals surface area contributed by atoms with Crippen LogP contribution >= 0.6 is 0 Å². The van der Waals surface area contributed by atoms with Crippen LogP contribution in [0.4, 0.5) is 4.79 Å². The van der Waals surface area contributed by atoms with Crippen molar-refractivity contribution in [3.8, 4) is 11.5 Å². The van der Waals surface area contributed by atoms with E-state index in [0.717, 1.165) is 36.4 Å². The van der Waals surface area contributed by atoms with Crippen LogP contribution < -0.4 is 14.8 Å². The number of carbonyl (C=O) groups excluding carboxylic acids is 2. The van der Waals surface area contributed by atoms with Crippen molar-refractivity contribution in [1.29, 1.82) is 0 Å². The second-order valence-electron chi connectivity index (χ2n) is 8.78. The van der Waals surface area contributed by atoms with Gasteiger partial charge in [0.05, 0.1) is 6.04 Å². The molecule has 7 nitrogen and oxygen atoms in total. The van der Waals surface area contributed by atoms with Gasteiger partial charge in [0, 0.05) is 13.1 Å². The van der Waals surface area contributed by atoms with Gasteiger partial charge in [-0.25, -0.2) is 4.79 Å². The van der Waals surface area contributed by atoms with Crippen molar-refractivity contribution in [3.63, 3.8) is 0 Å². The van der Waals surface area contributed by atoms with Crippen LogP contribution in [0.15, 0.2) is 54.6 Å². The van der Waals surface area contributed by atoms with Crippen LogP contribution in [0.3, 0.4) is 0 Å². The van der Waals surface area contributed by atoms with Gasteiger partial charge in [0.25, 0.3) is 5.91 Å². The summed E-state index contributed by atoms with van der Waals surface area (Å²) in [5.41, 5.74) is -0.146. The fourth-order valence-corrected chi connectivity index (χ4v) is 5.14. The highest BCUT2D eigenvalue weighted by Gasteiger charge is 2.53. The minimum absolute atomic E-state index is 0.0780. The van der Waals surface area contributed by atoms with E-state index in [1.807, 2.05) is 61.5 Å². The van der Waals surface area contributed by atoms with E-state index in [0.29, 0.717) is 26.1 Å². The highest BCUT2D eigenvalue weighted by molar-refractivity contribution is 6.07. The molecule has 5 rings (SSSR count). The first-order valence-corrected chi connectivity index (χ1v) is 11.4. The second-order valence-corrected chi connectivity index (χ2v) is 8.78. The monoisotopic (exact) mass is 435 g/mol. The van der Waals surface area contributed by atoms with Gasteiger partial charge in [-0.1, -0.05) is 49.4 Å². The molecule has 0 saturated carbocycles. The van der Waals surface area contributed by atoms with Crippen molar-refractivity contribution in [2.75, 3.05) is 26.2 Å². The Kier molecular flexibility index (Phi) is 5.51. The molecule has 1 N–H and O–H groups in total. The van der Waals surface area contributed by atoms with Gasteiger partial charge >= 0.3 is 6.03 Å².